The number of halogens is 2. The molecule has 0 amide bonds. The van der Waals surface area contributed by atoms with Crippen molar-refractivity contribution in [2.45, 2.75) is 39.2 Å². The van der Waals surface area contributed by atoms with Gasteiger partial charge in [-0.15, -0.1) is 0 Å². The molecule has 0 aliphatic heterocycles. The Morgan fingerprint density at radius 3 is 2.44 bits per heavy atom. The standard InChI is InChI=1S/C15H21F2N/c1-3-7-18-15(11-8-10(11)2)9-12-13(16)5-4-6-14(12)17/h4-6,10-11,15,18H,3,7-9H2,1-2H3. The Morgan fingerprint density at radius 2 is 1.94 bits per heavy atom. The molecule has 2 rings (SSSR count). The zero-order chi connectivity index (χ0) is 13.1. The molecule has 1 saturated carbocycles. The summed E-state index contributed by atoms with van der Waals surface area (Å²) in [5.41, 5.74) is 0.227. The van der Waals surface area contributed by atoms with E-state index in [1.807, 2.05) is 0 Å². The predicted molar refractivity (Wildman–Crippen MR) is 69.4 cm³/mol. The molecule has 1 aliphatic carbocycles. The van der Waals surface area contributed by atoms with E-state index >= 15 is 0 Å². The molecule has 1 aliphatic rings. The van der Waals surface area contributed by atoms with Gasteiger partial charge in [-0.3, -0.25) is 0 Å². The van der Waals surface area contributed by atoms with E-state index in [2.05, 4.69) is 19.2 Å². The Hall–Kier alpha value is -0.960. The van der Waals surface area contributed by atoms with Gasteiger partial charge in [0, 0.05) is 11.6 Å². The molecular formula is C15H21F2N. The highest BCUT2D eigenvalue weighted by Crippen LogP contribution is 2.41. The number of nitrogens with one attached hydrogen (secondary N) is 1. The minimum Gasteiger partial charge on any atom is -0.313 e. The van der Waals surface area contributed by atoms with Crippen LogP contribution in [0.4, 0.5) is 8.78 Å². The monoisotopic (exact) mass is 253 g/mol. The smallest absolute Gasteiger partial charge is 0.129 e. The summed E-state index contributed by atoms with van der Waals surface area (Å²) in [7, 11) is 0. The Morgan fingerprint density at radius 1 is 1.33 bits per heavy atom. The van der Waals surface area contributed by atoms with Crippen LogP contribution in [0.25, 0.3) is 0 Å². The Balaban J connectivity index is 2.08. The maximum absolute atomic E-state index is 13.6. The van der Waals surface area contributed by atoms with Gasteiger partial charge in [0.2, 0.25) is 0 Å². The average molecular weight is 253 g/mol. The van der Waals surface area contributed by atoms with Gasteiger partial charge in [0.05, 0.1) is 0 Å². The third-order valence-corrected chi connectivity index (χ3v) is 3.83. The van der Waals surface area contributed by atoms with Crippen LogP contribution < -0.4 is 5.32 Å². The lowest BCUT2D eigenvalue weighted by Crippen LogP contribution is -2.34. The third-order valence-electron chi connectivity index (χ3n) is 3.83. The number of benzene rings is 1. The molecule has 100 valence electrons. The lowest BCUT2D eigenvalue weighted by molar-refractivity contribution is 0.427. The van der Waals surface area contributed by atoms with Gasteiger partial charge in [-0.25, -0.2) is 8.78 Å². The van der Waals surface area contributed by atoms with E-state index < -0.39 is 11.6 Å². The molecule has 1 fully saturated rings. The summed E-state index contributed by atoms with van der Waals surface area (Å²) >= 11 is 0. The average Bonchev–Trinajstić information content (AvgIpc) is 3.05. The van der Waals surface area contributed by atoms with Crippen molar-refractivity contribution in [2.24, 2.45) is 11.8 Å². The number of hydrogen-bond acceptors (Lipinski definition) is 1. The van der Waals surface area contributed by atoms with E-state index in [0.29, 0.717) is 18.3 Å². The molecule has 0 radical (unpaired) electrons. The molecule has 1 aromatic rings. The molecule has 0 spiro atoms. The number of rotatable bonds is 6. The van der Waals surface area contributed by atoms with E-state index in [1.54, 1.807) is 0 Å². The van der Waals surface area contributed by atoms with Gasteiger partial charge >= 0.3 is 0 Å². The second kappa shape index (κ2) is 5.79. The molecule has 1 N–H and O–H groups in total. The summed E-state index contributed by atoms with van der Waals surface area (Å²) < 4.78 is 27.3. The highest BCUT2D eigenvalue weighted by Gasteiger charge is 2.39. The summed E-state index contributed by atoms with van der Waals surface area (Å²) in [6.45, 7) is 5.21. The molecule has 1 nitrogen and oxygen atoms in total. The molecule has 0 heterocycles. The maximum atomic E-state index is 13.6. The maximum Gasteiger partial charge on any atom is 0.129 e. The van der Waals surface area contributed by atoms with Crippen molar-refractivity contribution >= 4 is 0 Å². The van der Waals surface area contributed by atoms with E-state index in [-0.39, 0.29) is 11.6 Å². The molecule has 0 bridgehead atoms. The first-order valence-electron chi connectivity index (χ1n) is 6.79. The lowest BCUT2D eigenvalue weighted by Gasteiger charge is -2.19. The van der Waals surface area contributed by atoms with Gasteiger partial charge in [-0.05, 0) is 49.8 Å². The van der Waals surface area contributed by atoms with E-state index in [0.717, 1.165) is 19.4 Å². The van der Waals surface area contributed by atoms with E-state index in [4.69, 9.17) is 0 Å². The first kappa shape index (κ1) is 13.5. The Kier molecular flexibility index (Phi) is 4.33. The fourth-order valence-electron chi connectivity index (χ4n) is 2.56. The molecule has 0 aromatic heterocycles. The van der Waals surface area contributed by atoms with Crippen LogP contribution >= 0.6 is 0 Å². The molecule has 3 heteroatoms. The van der Waals surface area contributed by atoms with Crippen LogP contribution in [-0.2, 0) is 6.42 Å². The number of hydrogen-bond donors (Lipinski definition) is 1. The second-order valence-electron chi connectivity index (χ2n) is 5.34. The third kappa shape index (κ3) is 3.08. The summed E-state index contributed by atoms with van der Waals surface area (Å²) in [5.74, 6) is 0.392. The summed E-state index contributed by atoms with van der Waals surface area (Å²) in [6.07, 6.45) is 2.66. The van der Waals surface area contributed by atoms with Gasteiger partial charge in [0.25, 0.3) is 0 Å². The van der Waals surface area contributed by atoms with Gasteiger partial charge in [-0.1, -0.05) is 19.9 Å². The first-order valence-corrected chi connectivity index (χ1v) is 6.79. The van der Waals surface area contributed by atoms with Gasteiger partial charge < -0.3 is 5.32 Å². The first-order chi connectivity index (χ1) is 8.63. The van der Waals surface area contributed by atoms with Crippen LogP contribution in [-0.4, -0.2) is 12.6 Å². The minimum atomic E-state index is -0.424. The van der Waals surface area contributed by atoms with Crippen molar-refractivity contribution in [3.8, 4) is 0 Å². The molecule has 3 unspecified atom stereocenters. The summed E-state index contributed by atoms with van der Waals surface area (Å²) in [6, 6.07) is 4.30. The van der Waals surface area contributed by atoms with Crippen molar-refractivity contribution in [1.82, 2.24) is 5.32 Å². The zero-order valence-corrected chi connectivity index (χ0v) is 11.0. The minimum absolute atomic E-state index is 0.200. The molecule has 18 heavy (non-hydrogen) atoms. The van der Waals surface area contributed by atoms with Gasteiger partial charge in [0.15, 0.2) is 0 Å². The SMILES string of the molecule is CCCNC(Cc1c(F)cccc1F)C1CC1C. The van der Waals surface area contributed by atoms with Crippen LogP contribution in [0.2, 0.25) is 0 Å². The van der Waals surface area contributed by atoms with Crippen LogP contribution in [0, 0.1) is 23.5 Å². The molecular weight excluding hydrogens is 232 g/mol. The predicted octanol–water partition coefficient (Wildman–Crippen LogP) is 3.53. The van der Waals surface area contributed by atoms with Gasteiger partial charge in [-0.2, -0.15) is 0 Å². The Bertz CT molecular complexity index is 385. The molecule has 3 atom stereocenters. The lowest BCUT2D eigenvalue weighted by atomic mass is 10.00. The highest BCUT2D eigenvalue weighted by atomic mass is 19.1. The van der Waals surface area contributed by atoms with Crippen molar-refractivity contribution in [3.05, 3.63) is 35.4 Å². The summed E-state index contributed by atoms with van der Waals surface area (Å²) in [5, 5.41) is 3.43. The molecule has 0 saturated heterocycles. The fraction of sp³-hybridized carbons (Fsp3) is 0.600. The van der Waals surface area contributed by atoms with Crippen molar-refractivity contribution in [1.29, 1.82) is 0 Å². The van der Waals surface area contributed by atoms with E-state index in [1.165, 1.54) is 18.2 Å². The fourth-order valence-corrected chi connectivity index (χ4v) is 2.56. The van der Waals surface area contributed by atoms with E-state index in [9.17, 15) is 8.78 Å². The largest absolute Gasteiger partial charge is 0.313 e. The zero-order valence-electron chi connectivity index (χ0n) is 11.0. The van der Waals surface area contributed by atoms with Crippen LogP contribution in [0.3, 0.4) is 0 Å². The van der Waals surface area contributed by atoms with Crippen LogP contribution in [0.1, 0.15) is 32.3 Å². The Labute approximate surface area is 108 Å². The topological polar surface area (TPSA) is 12.0 Å². The van der Waals surface area contributed by atoms with Crippen molar-refractivity contribution in [2.75, 3.05) is 6.54 Å². The van der Waals surface area contributed by atoms with Crippen LogP contribution in [0.15, 0.2) is 18.2 Å². The second-order valence-corrected chi connectivity index (χ2v) is 5.34. The van der Waals surface area contributed by atoms with Gasteiger partial charge in [0.1, 0.15) is 11.6 Å². The summed E-state index contributed by atoms with van der Waals surface area (Å²) in [4.78, 5) is 0. The normalized spacial score (nSPS) is 24.0. The van der Waals surface area contributed by atoms with Crippen molar-refractivity contribution < 1.29 is 8.78 Å². The quantitative estimate of drug-likeness (QED) is 0.817. The van der Waals surface area contributed by atoms with Crippen molar-refractivity contribution in [3.63, 3.8) is 0 Å². The van der Waals surface area contributed by atoms with Crippen LogP contribution in [0.5, 0.6) is 0 Å². The highest BCUT2D eigenvalue weighted by molar-refractivity contribution is 5.21. The molecule has 1 aromatic carbocycles.